The first-order chi connectivity index (χ1) is 13.2. The van der Waals surface area contributed by atoms with E-state index in [2.05, 4.69) is 56.8 Å². The lowest BCUT2D eigenvalue weighted by molar-refractivity contribution is 0.152. The van der Waals surface area contributed by atoms with Crippen LogP contribution in [-0.4, -0.2) is 40.3 Å². The highest BCUT2D eigenvalue weighted by Crippen LogP contribution is 2.20. The van der Waals surface area contributed by atoms with Gasteiger partial charge in [-0.1, -0.05) is 30.7 Å². The molecule has 0 spiro atoms. The number of nitrogens with zero attached hydrogens (tertiary/aromatic N) is 4. The average Bonchev–Trinajstić information content (AvgIpc) is 3.10. The van der Waals surface area contributed by atoms with Crippen molar-refractivity contribution >= 4 is 29.9 Å². The SMILES string of the molecule is CN=C(NCc1ccccc1CN1CCCCC1C)NCc1ccnn1C.I. The van der Waals surface area contributed by atoms with Gasteiger partial charge in [-0.2, -0.15) is 5.10 Å². The Morgan fingerprint density at radius 1 is 1.14 bits per heavy atom. The molecule has 1 fully saturated rings. The van der Waals surface area contributed by atoms with E-state index in [0.29, 0.717) is 12.6 Å². The van der Waals surface area contributed by atoms with Gasteiger partial charge in [0.2, 0.25) is 0 Å². The molecule has 3 rings (SSSR count). The molecule has 2 aromatic rings. The second kappa shape index (κ2) is 11.4. The molecule has 7 heteroatoms. The van der Waals surface area contributed by atoms with E-state index in [1.807, 2.05) is 24.0 Å². The molecule has 2 N–H and O–H groups in total. The highest BCUT2D eigenvalue weighted by molar-refractivity contribution is 14.0. The molecule has 1 aromatic carbocycles. The highest BCUT2D eigenvalue weighted by Gasteiger charge is 2.19. The number of rotatable bonds is 6. The van der Waals surface area contributed by atoms with E-state index in [-0.39, 0.29) is 24.0 Å². The van der Waals surface area contributed by atoms with Crippen LogP contribution in [0.1, 0.15) is 43.0 Å². The second-order valence-corrected chi connectivity index (χ2v) is 7.31. The normalized spacial score (nSPS) is 17.8. The molecular formula is C21H33IN6. The summed E-state index contributed by atoms with van der Waals surface area (Å²) >= 11 is 0. The number of hydrogen-bond acceptors (Lipinski definition) is 3. The number of benzene rings is 1. The van der Waals surface area contributed by atoms with E-state index < -0.39 is 0 Å². The Balaban J connectivity index is 0.00000280. The van der Waals surface area contributed by atoms with E-state index in [1.54, 1.807) is 7.05 Å². The first-order valence-corrected chi connectivity index (χ1v) is 9.89. The standard InChI is InChI=1S/C21H32N6.HI/c1-17-8-6-7-13-27(17)16-19-10-5-4-9-18(19)14-23-21(22-2)24-15-20-11-12-25-26(20)3;/h4-5,9-12,17H,6-8,13-16H2,1-3H3,(H2,22,23,24);1H. The molecule has 0 aliphatic carbocycles. The Morgan fingerprint density at radius 3 is 2.57 bits per heavy atom. The van der Waals surface area contributed by atoms with Gasteiger partial charge in [-0.25, -0.2) is 0 Å². The first kappa shape index (κ1) is 22.7. The van der Waals surface area contributed by atoms with Gasteiger partial charge in [0.05, 0.1) is 12.2 Å². The zero-order valence-corrected chi connectivity index (χ0v) is 19.5. The third kappa shape index (κ3) is 6.20. The number of hydrogen-bond donors (Lipinski definition) is 2. The summed E-state index contributed by atoms with van der Waals surface area (Å²) in [6, 6.07) is 11.4. The Kier molecular flexibility index (Phi) is 9.24. The molecule has 1 aromatic heterocycles. The van der Waals surface area contributed by atoms with E-state index >= 15 is 0 Å². The van der Waals surface area contributed by atoms with Crippen LogP contribution in [0.3, 0.4) is 0 Å². The number of piperidine rings is 1. The maximum atomic E-state index is 4.34. The van der Waals surface area contributed by atoms with Crippen LogP contribution in [0, 0.1) is 0 Å². The van der Waals surface area contributed by atoms with Crippen molar-refractivity contribution in [3.05, 3.63) is 53.3 Å². The molecule has 1 saturated heterocycles. The lowest BCUT2D eigenvalue weighted by atomic mass is 10.0. The Morgan fingerprint density at radius 2 is 1.89 bits per heavy atom. The number of likely N-dealkylation sites (tertiary alicyclic amines) is 1. The largest absolute Gasteiger partial charge is 0.352 e. The van der Waals surface area contributed by atoms with Crippen LogP contribution in [-0.2, 0) is 26.7 Å². The summed E-state index contributed by atoms with van der Waals surface area (Å²) in [5, 5.41) is 11.0. The number of guanidine groups is 1. The first-order valence-electron chi connectivity index (χ1n) is 9.89. The topological polar surface area (TPSA) is 57.5 Å². The summed E-state index contributed by atoms with van der Waals surface area (Å²) in [6.45, 7) is 6.05. The molecule has 1 atom stereocenters. The minimum atomic E-state index is 0. The summed E-state index contributed by atoms with van der Waals surface area (Å²) in [5.41, 5.74) is 3.86. The molecule has 1 aliphatic rings. The molecule has 6 nitrogen and oxygen atoms in total. The van der Waals surface area contributed by atoms with Crippen LogP contribution in [0.2, 0.25) is 0 Å². The molecule has 154 valence electrons. The van der Waals surface area contributed by atoms with Crippen molar-refractivity contribution in [3.8, 4) is 0 Å². The summed E-state index contributed by atoms with van der Waals surface area (Å²) in [4.78, 5) is 6.95. The fourth-order valence-electron chi connectivity index (χ4n) is 3.64. The molecule has 0 bridgehead atoms. The van der Waals surface area contributed by atoms with Crippen molar-refractivity contribution in [2.75, 3.05) is 13.6 Å². The van der Waals surface area contributed by atoms with Crippen molar-refractivity contribution in [2.45, 2.75) is 51.9 Å². The molecule has 0 saturated carbocycles. The van der Waals surface area contributed by atoms with E-state index in [9.17, 15) is 0 Å². The lowest BCUT2D eigenvalue weighted by Gasteiger charge is -2.33. The fourth-order valence-corrected chi connectivity index (χ4v) is 3.64. The van der Waals surface area contributed by atoms with Gasteiger partial charge in [-0.3, -0.25) is 14.6 Å². The molecule has 0 radical (unpaired) electrons. The van der Waals surface area contributed by atoms with Crippen LogP contribution < -0.4 is 10.6 Å². The molecule has 0 amide bonds. The summed E-state index contributed by atoms with van der Waals surface area (Å²) in [5.74, 6) is 0.803. The fraction of sp³-hybridized carbons (Fsp3) is 0.524. The van der Waals surface area contributed by atoms with Gasteiger partial charge in [0.15, 0.2) is 5.96 Å². The zero-order valence-electron chi connectivity index (χ0n) is 17.2. The minimum Gasteiger partial charge on any atom is -0.352 e. The summed E-state index contributed by atoms with van der Waals surface area (Å²) < 4.78 is 1.87. The van der Waals surface area contributed by atoms with Crippen molar-refractivity contribution in [3.63, 3.8) is 0 Å². The molecular weight excluding hydrogens is 463 g/mol. The number of aryl methyl sites for hydroxylation is 1. The monoisotopic (exact) mass is 496 g/mol. The maximum absolute atomic E-state index is 4.34. The molecule has 28 heavy (non-hydrogen) atoms. The van der Waals surface area contributed by atoms with Gasteiger partial charge in [-0.05, 0) is 43.5 Å². The zero-order chi connectivity index (χ0) is 19.1. The molecule has 2 heterocycles. The maximum Gasteiger partial charge on any atom is 0.191 e. The molecule has 1 aliphatic heterocycles. The van der Waals surface area contributed by atoms with Crippen LogP contribution in [0.4, 0.5) is 0 Å². The minimum absolute atomic E-state index is 0. The summed E-state index contributed by atoms with van der Waals surface area (Å²) in [7, 11) is 3.75. The van der Waals surface area contributed by atoms with Crippen LogP contribution >= 0.6 is 24.0 Å². The number of aliphatic imine (C=N–C) groups is 1. The number of halogens is 1. The van der Waals surface area contributed by atoms with Crippen LogP contribution in [0.25, 0.3) is 0 Å². The van der Waals surface area contributed by atoms with Crippen molar-refractivity contribution in [2.24, 2.45) is 12.0 Å². The third-order valence-corrected chi connectivity index (χ3v) is 5.46. The van der Waals surface area contributed by atoms with E-state index in [0.717, 1.165) is 24.7 Å². The smallest absolute Gasteiger partial charge is 0.191 e. The van der Waals surface area contributed by atoms with Gasteiger partial charge in [-0.15, -0.1) is 24.0 Å². The summed E-state index contributed by atoms with van der Waals surface area (Å²) in [6.07, 6.45) is 5.80. The van der Waals surface area contributed by atoms with Crippen molar-refractivity contribution < 1.29 is 0 Å². The van der Waals surface area contributed by atoms with Gasteiger partial charge < -0.3 is 10.6 Å². The predicted molar refractivity (Wildman–Crippen MR) is 126 cm³/mol. The molecule has 1 unspecified atom stereocenters. The Labute approximate surface area is 185 Å². The highest BCUT2D eigenvalue weighted by atomic mass is 127. The second-order valence-electron chi connectivity index (χ2n) is 7.31. The number of nitrogens with one attached hydrogen (secondary N) is 2. The predicted octanol–water partition coefficient (Wildman–Crippen LogP) is 3.28. The van der Waals surface area contributed by atoms with E-state index in [1.165, 1.54) is 36.9 Å². The van der Waals surface area contributed by atoms with Crippen molar-refractivity contribution in [1.82, 2.24) is 25.3 Å². The van der Waals surface area contributed by atoms with Crippen LogP contribution in [0.5, 0.6) is 0 Å². The average molecular weight is 496 g/mol. The third-order valence-electron chi connectivity index (χ3n) is 5.46. The lowest BCUT2D eigenvalue weighted by Crippen LogP contribution is -2.38. The number of aromatic nitrogens is 2. The van der Waals surface area contributed by atoms with Crippen molar-refractivity contribution in [1.29, 1.82) is 0 Å². The van der Waals surface area contributed by atoms with Gasteiger partial charge in [0, 0.05) is 39.4 Å². The van der Waals surface area contributed by atoms with Gasteiger partial charge in [0.1, 0.15) is 0 Å². The van der Waals surface area contributed by atoms with Crippen LogP contribution in [0.15, 0.2) is 41.5 Å². The quantitative estimate of drug-likeness (QED) is 0.366. The Bertz CT molecular complexity index is 757. The van der Waals surface area contributed by atoms with Gasteiger partial charge >= 0.3 is 0 Å². The Hall–Kier alpha value is -1.61. The van der Waals surface area contributed by atoms with Gasteiger partial charge in [0.25, 0.3) is 0 Å². The van der Waals surface area contributed by atoms with E-state index in [4.69, 9.17) is 0 Å².